The fourth-order valence-corrected chi connectivity index (χ4v) is 2.77. The summed E-state index contributed by atoms with van der Waals surface area (Å²) in [5.41, 5.74) is 0. The van der Waals surface area contributed by atoms with Crippen molar-refractivity contribution in [3.63, 3.8) is 0 Å². The minimum absolute atomic E-state index is 0.122. The Balaban J connectivity index is 3.34. The highest BCUT2D eigenvalue weighted by Crippen LogP contribution is 2.08. The number of hydrogen-bond acceptors (Lipinski definition) is 2. The summed E-state index contributed by atoms with van der Waals surface area (Å²) in [7, 11) is 0. The van der Waals surface area contributed by atoms with Gasteiger partial charge in [-0.05, 0) is 25.7 Å². The van der Waals surface area contributed by atoms with Crippen LogP contribution < -0.4 is 0 Å². The minimum Gasteiger partial charge on any atom is -0.461 e. The van der Waals surface area contributed by atoms with Gasteiger partial charge in [-0.1, -0.05) is 102 Å². The van der Waals surface area contributed by atoms with E-state index < -0.39 is 0 Å². The van der Waals surface area contributed by atoms with Gasteiger partial charge in [0.15, 0.2) is 0 Å². The molecule has 0 heterocycles. The second kappa shape index (κ2) is 21.0. The first-order valence-corrected chi connectivity index (χ1v) is 10.8. The van der Waals surface area contributed by atoms with Gasteiger partial charge in [-0.3, -0.25) is 4.79 Å². The minimum atomic E-state index is -0.122. The molecule has 0 aliphatic heterocycles. The van der Waals surface area contributed by atoms with Crippen molar-refractivity contribution in [1.82, 2.24) is 0 Å². The van der Waals surface area contributed by atoms with Crippen molar-refractivity contribution in [3.05, 3.63) is 24.3 Å². The summed E-state index contributed by atoms with van der Waals surface area (Å²) in [6.07, 6.45) is 26.6. The number of hydrogen-bond donors (Lipinski definition) is 0. The second-order valence-corrected chi connectivity index (χ2v) is 6.94. The third-order valence-corrected chi connectivity index (χ3v) is 4.41. The Morgan fingerprint density at radius 3 is 1.68 bits per heavy atom. The largest absolute Gasteiger partial charge is 0.461 e. The molecule has 0 radical (unpaired) electrons. The molecular weight excluding hydrogens is 308 g/mol. The summed E-state index contributed by atoms with van der Waals surface area (Å²) < 4.78 is 5.20. The van der Waals surface area contributed by atoms with Crippen LogP contribution in [0.15, 0.2) is 24.3 Å². The summed E-state index contributed by atoms with van der Waals surface area (Å²) in [4.78, 5) is 11.6. The van der Waals surface area contributed by atoms with E-state index in [1.54, 1.807) is 0 Å². The summed E-state index contributed by atoms with van der Waals surface area (Å²) in [6.45, 7) is 4.91. The Morgan fingerprint density at radius 2 is 1.12 bits per heavy atom. The molecule has 0 aromatic heterocycles. The van der Waals surface area contributed by atoms with Crippen molar-refractivity contribution >= 4 is 5.97 Å². The molecule has 0 fully saturated rings. The van der Waals surface area contributed by atoms with Crippen molar-refractivity contribution in [1.29, 1.82) is 0 Å². The molecule has 0 rings (SSSR count). The van der Waals surface area contributed by atoms with Gasteiger partial charge in [-0.2, -0.15) is 0 Å². The number of unbranched alkanes of at least 4 members (excludes halogenated alkanes) is 12. The Morgan fingerprint density at radius 1 is 0.640 bits per heavy atom. The third-order valence-electron chi connectivity index (χ3n) is 4.41. The zero-order valence-electron chi connectivity index (χ0n) is 16.9. The first-order chi connectivity index (χ1) is 12.3. The van der Waals surface area contributed by atoms with E-state index in [1.165, 1.54) is 77.0 Å². The molecule has 0 aromatic rings. The van der Waals surface area contributed by atoms with E-state index >= 15 is 0 Å². The average molecular weight is 351 g/mol. The molecule has 0 saturated carbocycles. The summed E-state index contributed by atoms with van der Waals surface area (Å²) in [5, 5.41) is 0. The molecule has 2 nitrogen and oxygen atoms in total. The van der Waals surface area contributed by atoms with Crippen molar-refractivity contribution < 1.29 is 9.53 Å². The lowest BCUT2D eigenvalue weighted by Crippen LogP contribution is -2.02. The summed E-state index contributed by atoms with van der Waals surface area (Å²) >= 11 is 0. The zero-order valence-corrected chi connectivity index (χ0v) is 16.9. The van der Waals surface area contributed by atoms with Gasteiger partial charge < -0.3 is 4.74 Å². The van der Waals surface area contributed by atoms with E-state index in [0.29, 0.717) is 13.0 Å². The lowest BCUT2D eigenvalue weighted by molar-refractivity contribution is -0.141. The van der Waals surface area contributed by atoms with Crippen LogP contribution in [0, 0.1) is 0 Å². The summed E-state index contributed by atoms with van der Waals surface area (Å²) in [5.74, 6) is -0.122. The topological polar surface area (TPSA) is 26.3 Å². The maximum absolute atomic E-state index is 11.6. The van der Waals surface area contributed by atoms with Gasteiger partial charge in [-0.15, -0.1) is 0 Å². The molecule has 2 heteroatoms. The predicted octanol–water partition coefficient (Wildman–Crippen LogP) is 7.53. The van der Waals surface area contributed by atoms with Gasteiger partial charge in [0.1, 0.15) is 6.61 Å². The molecule has 0 unspecified atom stereocenters. The van der Waals surface area contributed by atoms with Crippen LogP contribution in [0.1, 0.15) is 110 Å². The Bertz CT molecular complexity index is 331. The number of rotatable bonds is 18. The molecule has 146 valence electrons. The predicted molar refractivity (Wildman–Crippen MR) is 110 cm³/mol. The van der Waals surface area contributed by atoms with Gasteiger partial charge in [0, 0.05) is 0 Å². The van der Waals surface area contributed by atoms with Crippen LogP contribution >= 0.6 is 0 Å². The lowest BCUT2D eigenvalue weighted by atomic mass is 10.1. The summed E-state index contributed by atoms with van der Waals surface area (Å²) in [6, 6.07) is 0. The zero-order chi connectivity index (χ0) is 18.4. The number of carbonyl (C=O) groups excluding carboxylic acids is 1. The van der Waals surface area contributed by atoms with E-state index in [9.17, 15) is 4.79 Å². The maximum atomic E-state index is 11.6. The molecule has 25 heavy (non-hydrogen) atoms. The van der Waals surface area contributed by atoms with E-state index in [2.05, 4.69) is 26.0 Å². The Hall–Kier alpha value is -1.05. The van der Waals surface area contributed by atoms with Crippen molar-refractivity contribution in [2.45, 2.75) is 110 Å². The van der Waals surface area contributed by atoms with E-state index in [-0.39, 0.29) is 5.97 Å². The second-order valence-electron chi connectivity index (χ2n) is 6.94. The van der Waals surface area contributed by atoms with Crippen LogP contribution in [0.2, 0.25) is 0 Å². The van der Waals surface area contributed by atoms with Gasteiger partial charge in [-0.25, -0.2) is 0 Å². The van der Waals surface area contributed by atoms with Crippen LogP contribution in [0.5, 0.6) is 0 Å². The van der Waals surface area contributed by atoms with Gasteiger partial charge in [0.2, 0.25) is 0 Å². The van der Waals surface area contributed by atoms with Crippen LogP contribution in [-0.4, -0.2) is 12.6 Å². The number of esters is 1. The van der Waals surface area contributed by atoms with E-state index in [1.807, 2.05) is 12.2 Å². The van der Waals surface area contributed by atoms with Crippen LogP contribution in [0.4, 0.5) is 0 Å². The van der Waals surface area contributed by atoms with Crippen LogP contribution in [-0.2, 0) is 9.53 Å². The molecule has 0 aliphatic rings. The maximum Gasteiger partial charge on any atom is 0.309 e. The molecule has 0 aliphatic carbocycles. The van der Waals surface area contributed by atoms with Gasteiger partial charge >= 0.3 is 5.97 Å². The van der Waals surface area contributed by atoms with Gasteiger partial charge in [0.25, 0.3) is 0 Å². The highest BCUT2D eigenvalue weighted by molar-refractivity contribution is 5.71. The molecule has 0 aromatic carbocycles. The SMILES string of the molecule is CCCCCCCC/C=C\COC(=O)C/C=C\CCCCCCCC. The average Bonchev–Trinajstić information content (AvgIpc) is 2.62. The van der Waals surface area contributed by atoms with Crippen LogP contribution in [0.25, 0.3) is 0 Å². The molecule has 0 saturated heterocycles. The molecular formula is C23H42O2. The first kappa shape index (κ1) is 23.9. The normalized spacial score (nSPS) is 11.6. The first-order valence-electron chi connectivity index (χ1n) is 10.8. The number of ether oxygens (including phenoxy) is 1. The van der Waals surface area contributed by atoms with E-state index in [0.717, 1.165) is 12.8 Å². The fourth-order valence-electron chi connectivity index (χ4n) is 2.77. The number of carbonyl (C=O) groups is 1. The molecule has 0 amide bonds. The van der Waals surface area contributed by atoms with Crippen molar-refractivity contribution in [2.75, 3.05) is 6.61 Å². The van der Waals surface area contributed by atoms with Crippen molar-refractivity contribution in [2.24, 2.45) is 0 Å². The van der Waals surface area contributed by atoms with Crippen molar-refractivity contribution in [3.8, 4) is 0 Å². The highest BCUT2D eigenvalue weighted by atomic mass is 16.5. The van der Waals surface area contributed by atoms with Gasteiger partial charge in [0.05, 0.1) is 6.42 Å². The highest BCUT2D eigenvalue weighted by Gasteiger charge is 1.97. The quantitative estimate of drug-likeness (QED) is 0.145. The lowest BCUT2D eigenvalue weighted by Gasteiger charge is -2.00. The third kappa shape index (κ3) is 20.9. The monoisotopic (exact) mass is 350 g/mol. The molecule has 0 N–H and O–H groups in total. The van der Waals surface area contributed by atoms with E-state index in [4.69, 9.17) is 4.74 Å². The Kier molecular flexibility index (Phi) is 20.1. The standard InChI is InChI=1S/C23H42O2/c1-3-5-7-9-11-13-15-17-19-21-23(24)25-22-20-18-16-14-12-10-8-6-4-2/h17-20H,3-16,21-22H2,1-2H3/b19-17-,20-18-. The number of allylic oxidation sites excluding steroid dienone is 2. The van der Waals surface area contributed by atoms with Crippen LogP contribution in [0.3, 0.4) is 0 Å². The molecule has 0 spiro atoms. The fraction of sp³-hybridized carbons (Fsp3) is 0.783. The molecule has 0 atom stereocenters. The molecule has 0 bridgehead atoms. The smallest absolute Gasteiger partial charge is 0.309 e. The Labute approximate surface area is 157 Å².